The largest absolute Gasteiger partial charge is 0.344 e. The van der Waals surface area contributed by atoms with E-state index in [1.165, 1.54) is 5.56 Å². The second-order valence-corrected chi connectivity index (χ2v) is 4.97. The third-order valence-electron chi connectivity index (χ3n) is 2.52. The molecule has 0 unspecified atom stereocenters. The Morgan fingerprint density at radius 2 is 2.18 bits per heavy atom. The maximum absolute atomic E-state index is 5.94. The zero-order valence-corrected chi connectivity index (χ0v) is 11.6. The van der Waals surface area contributed by atoms with E-state index in [1.807, 2.05) is 18.2 Å². The quantitative estimate of drug-likeness (QED) is 0.911. The van der Waals surface area contributed by atoms with Crippen LogP contribution in [0, 0.1) is 0 Å². The number of H-pyrrole nitrogens is 1. The molecule has 0 fully saturated rings. The number of aromatic amines is 1. The summed E-state index contributed by atoms with van der Waals surface area (Å²) in [5.41, 5.74) is 7.82. The minimum Gasteiger partial charge on any atom is -0.344 e. The molecule has 90 valence electrons. The highest BCUT2D eigenvalue weighted by Gasteiger charge is 2.06. The van der Waals surface area contributed by atoms with Gasteiger partial charge in [0.1, 0.15) is 10.4 Å². The summed E-state index contributed by atoms with van der Waals surface area (Å²) < 4.78 is 0.847. The molecule has 1 heterocycles. The number of benzene rings is 1. The van der Waals surface area contributed by atoms with Crippen LogP contribution in [0.5, 0.6) is 0 Å². The highest BCUT2D eigenvalue weighted by atomic mass is 79.9. The highest BCUT2D eigenvalue weighted by Crippen LogP contribution is 2.17. The van der Waals surface area contributed by atoms with Gasteiger partial charge in [-0.15, -0.1) is 0 Å². The SMILES string of the molecule is NCc1nc(Br)c(CCc2cccc(Cl)c2)[nH]1. The van der Waals surface area contributed by atoms with Crippen LogP contribution in [0.25, 0.3) is 0 Å². The first-order valence-electron chi connectivity index (χ1n) is 5.37. The lowest BCUT2D eigenvalue weighted by atomic mass is 10.1. The molecule has 2 rings (SSSR count). The first kappa shape index (κ1) is 12.6. The summed E-state index contributed by atoms with van der Waals surface area (Å²) in [5, 5.41) is 0.772. The molecule has 1 aromatic carbocycles. The van der Waals surface area contributed by atoms with E-state index in [2.05, 4.69) is 32.0 Å². The maximum atomic E-state index is 5.94. The average Bonchev–Trinajstić information content (AvgIpc) is 2.68. The molecule has 0 aliphatic heterocycles. The van der Waals surface area contributed by atoms with Gasteiger partial charge in [-0.05, 0) is 46.5 Å². The Morgan fingerprint density at radius 1 is 1.35 bits per heavy atom. The standard InChI is InChI=1S/C12H13BrClN3/c13-12-10(16-11(7-15)17-12)5-4-8-2-1-3-9(14)6-8/h1-3,6H,4-5,7,15H2,(H,16,17). The van der Waals surface area contributed by atoms with Gasteiger partial charge in [-0.1, -0.05) is 23.7 Å². The van der Waals surface area contributed by atoms with Crippen molar-refractivity contribution in [3.63, 3.8) is 0 Å². The van der Waals surface area contributed by atoms with Gasteiger partial charge in [0.25, 0.3) is 0 Å². The molecule has 3 N–H and O–H groups in total. The molecule has 0 radical (unpaired) electrons. The van der Waals surface area contributed by atoms with E-state index in [0.29, 0.717) is 6.54 Å². The molecule has 2 aromatic rings. The molecular weight excluding hydrogens is 302 g/mol. The zero-order chi connectivity index (χ0) is 12.3. The number of hydrogen-bond acceptors (Lipinski definition) is 2. The van der Waals surface area contributed by atoms with Gasteiger partial charge in [0.15, 0.2) is 0 Å². The Kier molecular flexibility index (Phi) is 4.20. The van der Waals surface area contributed by atoms with Crippen molar-refractivity contribution < 1.29 is 0 Å². The molecule has 0 amide bonds. The molecular formula is C12H13BrClN3. The fraction of sp³-hybridized carbons (Fsp3) is 0.250. The monoisotopic (exact) mass is 313 g/mol. The van der Waals surface area contributed by atoms with Crippen LogP contribution in [0.2, 0.25) is 5.02 Å². The van der Waals surface area contributed by atoms with Crippen LogP contribution >= 0.6 is 27.5 Å². The summed E-state index contributed by atoms with van der Waals surface area (Å²) >= 11 is 9.36. The highest BCUT2D eigenvalue weighted by molar-refractivity contribution is 9.10. The molecule has 0 bridgehead atoms. The van der Waals surface area contributed by atoms with Crippen molar-refractivity contribution in [3.8, 4) is 0 Å². The van der Waals surface area contributed by atoms with Crippen LogP contribution in [-0.2, 0) is 19.4 Å². The van der Waals surface area contributed by atoms with Crippen molar-refractivity contribution in [1.82, 2.24) is 9.97 Å². The van der Waals surface area contributed by atoms with Crippen LogP contribution in [0.1, 0.15) is 17.1 Å². The third-order valence-corrected chi connectivity index (χ3v) is 3.41. The number of nitrogens with zero attached hydrogens (tertiary/aromatic N) is 1. The summed E-state index contributed by atoms with van der Waals surface area (Å²) in [6.07, 6.45) is 1.80. The van der Waals surface area contributed by atoms with Crippen molar-refractivity contribution in [2.75, 3.05) is 0 Å². The Bertz CT molecular complexity index is 510. The molecule has 1 aromatic heterocycles. The molecule has 3 nitrogen and oxygen atoms in total. The lowest BCUT2D eigenvalue weighted by molar-refractivity contribution is 0.893. The molecule has 0 saturated carbocycles. The Hall–Kier alpha value is -0.840. The van der Waals surface area contributed by atoms with Crippen molar-refractivity contribution in [3.05, 3.63) is 51.0 Å². The van der Waals surface area contributed by atoms with Crippen molar-refractivity contribution in [2.24, 2.45) is 5.73 Å². The third kappa shape index (κ3) is 3.31. The van der Waals surface area contributed by atoms with Gasteiger partial charge >= 0.3 is 0 Å². The zero-order valence-electron chi connectivity index (χ0n) is 9.21. The topological polar surface area (TPSA) is 54.7 Å². The van der Waals surface area contributed by atoms with E-state index in [4.69, 9.17) is 17.3 Å². The van der Waals surface area contributed by atoms with Crippen LogP contribution in [0.15, 0.2) is 28.9 Å². The lowest BCUT2D eigenvalue weighted by Gasteiger charge is -2.01. The van der Waals surface area contributed by atoms with E-state index < -0.39 is 0 Å². The van der Waals surface area contributed by atoms with Crippen molar-refractivity contribution >= 4 is 27.5 Å². The van der Waals surface area contributed by atoms with Gasteiger partial charge in [0.05, 0.1) is 6.54 Å². The van der Waals surface area contributed by atoms with E-state index in [1.54, 1.807) is 0 Å². The molecule has 0 aliphatic rings. The van der Waals surface area contributed by atoms with E-state index >= 15 is 0 Å². The Balaban J connectivity index is 2.04. The Labute approximate surface area is 114 Å². The molecule has 0 aliphatic carbocycles. The van der Waals surface area contributed by atoms with Gasteiger partial charge in [0, 0.05) is 10.7 Å². The van der Waals surface area contributed by atoms with Crippen molar-refractivity contribution in [1.29, 1.82) is 0 Å². The van der Waals surface area contributed by atoms with Gasteiger partial charge < -0.3 is 10.7 Å². The summed E-state index contributed by atoms with van der Waals surface area (Å²) in [4.78, 5) is 7.47. The number of aryl methyl sites for hydroxylation is 2. The second-order valence-electron chi connectivity index (χ2n) is 3.79. The summed E-state index contributed by atoms with van der Waals surface area (Å²) in [6.45, 7) is 0.426. The molecule has 0 spiro atoms. The van der Waals surface area contributed by atoms with Crippen molar-refractivity contribution in [2.45, 2.75) is 19.4 Å². The number of rotatable bonds is 4. The van der Waals surface area contributed by atoms with Gasteiger partial charge in [-0.3, -0.25) is 0 Å². The lowest BCUT2D eigenvalue weighted by Crippen LogP contribution is -1.98. The van der Waals surface area contributed by atoms with Gasteiger partial charge in [0.2, 0.25) is 0 Å². The van der Waals surface area contributed by atoms with Crippen LogP contribution in [0.3, 0.4) is 0 Å². The fourth-order valence-electron chi connectivity index (χ4n) is 1.66. The molecule has 0 saturated heterocycles. The molecule has 0 atom stereocenters. The second kappa shape index (κ2) is 5.67. The number of nitrogens with two attached hydrogens (primary N) is 1. The number of aromatic nitrogens is 2. The fourth-order valence-corrected chi connectivity index (χ4v) is 2.39. The Morgan fingerprint density at radius 3 is 2.82 bits per heavy atom. The van der Waals surface area contributed by atoms with Crippen LogP contribution in [-0.4, -0.2) is 9.97 Å². The van der Waals surface area contributed by atoms with E-state index in [0.717, 1.165) is 34.0 Å². The maximum Gasteiger partial charge on any atom is 0.127 e. The minimum atomic E-state index is 0.426. The van der Waals surface area contributed by atoms with E-state index in [-0.39, 0.29) is 0 Å². The number of hydrogen-bond donors (Lipinski definition) is 2. The normalized spacial score (nSPS) is 10.8. The van der Waals surface area contributed by atoms with Gasteiger partial charge in [-0.25, -0.2) is 4.98 Å². The summed E-state index contributed by atoms with van der Waals surface area (Å²) in [6, 6.07) is 7.89. The number of nitrogens with one attached hydrogen (secondary N) is 1. The minimum absolute atomic E-state index is 0.426. The first-order valence-corrected chi connectivity index (χ1v) is 6.54. The predicted octanol–water partition coefficient (Wildman–Crippen LogP) is 3.07. The average molecular weight is 315 g/mol. The molecule has 5 heteroatoms. The number of halogens is 2. The predicted molar refractivity (Wildman–Crippen MR) is 73.0 cm³/mol. The molecule has 17 heavy (non-hydrogen) atoms. The smallest absolute Gasteiger partial charge is 0.127 e. The number of imidazole rings is 1. The van der Waals surface area contributed by atoms with E-state index in [9.17, 15) is 0 Å². The summed E-state index contributed by atoms with van der Waals surface area (Å²) in [7, 11) is 0. The van der Waals surface area contributed by atoms with Gasteiger partial charge in [-0.2, -0.15) is 0 Å². The summed E-state index contributed by atoms with van der Waals surface area (Å²) in [5.74, 6) is 0.804. The van der Waals surface area contributed by atoms with Crippen LogP contribution < -0.4 is 5.73 Å². The first-order chi connectivity index (χ1) is 8.19. The van der Waals surface area contributed by atoms with Crippen LogP contribution in [0.4, 0.5) is 0 Å².